The first-order valence-corrected chi connectivity index (χ1v) is 18.3. The second-order valence-electron chi connectivity index (χ2n) is 13.0. The van der Waals surface area contributed by atoms with Crippen LogP contribution >= 0.6 is 0 Å². The molecule has 0 aliphatic heterocycles. The quantitative estimate of drug-likeness (QED) is 0.0421. The van der Waals surface area contributed by atoms with Crippen LogP contribution in [0, 0.1) is 0 Å². The zero-order valence-corrected chi connectivity index (χ0v) is 30.4. The molecule has 0 aromatic rings. The highest BCUT2D eigenvalue weighted by atomic mass is 16.4. The van der Waals surface area contributed by atoms with Gasteiger partial charge in [-0.25, -0.2) is 14.4 Å². The van der Waals surface area contributed by atoms with Crippen molar-refractivity contribution in [2.45, 2.75) is 159 Å². The molecule has 301 valence electrons. The Labute approximate surface area is 309 Å². The molecule has 0 aliphatic carbocycles. The summed E-state index contributed by atoms with van der Waals surface area (Å²) in [5.74, 6) is -7.59. The van der Waals surface area contributed by atoms with Gasteiger partial charge in [0.15, 0.2) is 0 Å². The highest BCUT2D eigenvalue weighted by molar-refractivity contribution is 5.87. The normalized spacial score (nSPS) is 13.1. The molecular weight excluding hydrogens is 698 g/mol. The van der Waals surface area contributed by atoms with E-state index in [2.05, 4.69) is 21.3 Å². The molecule has 0 aromatic heterocycles. The van der Waals surface area contributed by atoms with Gasteiger partial charge in [0, 0.05) is 38.6 Å². The second kappa shape index (κ2) is 29.9. The highest BCUT2D eigenvalue weighted by Gasteiger charge is 2.26. The van der Waals surface area contributed by atoms with Gasteiger partial charge >= 0.3 is 23.9 Å². The molecule has 0 unspecified atom stereocenters. The number of carboxylic acid groups (broad SMARTS) is 4. The van der Waals surface area contributed by atoms with Crippen molar-refractivity contribution in [2.24, 2.45) is 5.73 Å². The Morgan fingerprint density at radius 1 is 0.453 bits per heavy atom. The Balaban J connectivity index is 4.46. The third-order valence-electron chi connectivity index (χ3n) is 8.34. The smallest absolute Gasteiger partial charge is 0.326 e. The number of carbonyl (C=O) groups excluding carboxylic acids is 5. The van der Waals surface area contributed by atoms with Crippen LogP contribution < -0.4 is 27.0 Å². The summed E-state index contributed by atoms with van der Waals surface area (Å²) in [6, 6.07) is -5.04. The summed E-state index contributed by atoms with van der Waals surface area (Å²) in [5, 5.41) is 46.5. The summed E-state index contributed by atoms with van der Waals surface area (Å²) in [4.78, 5) is 105. The number of hydrogen-bond acceptors (Lipinski definition) is 10. The van der Waals surface area contributed by atoms with E-state index in [1.807, 2.05) is 0 Å². The number of nitrogens with one attached hydrogen (secondary N) is 4. The van der Waals surface area contributed by atoms with E-state index < -0.39 is 90.9 Å². The monoisotopic (exact) mass is 756 g/mol. The van der Waals surface area contributed by atoms with Crippen molar-refractivity contribution in [3.8, 4) is 0 Å². The summed E-state index contributed by atoms with van der Waals surface area (Å²) >= 11 is 0. The molecule has 53 heavy (non-hydrogen) atoms. The summed E-state index contributed by atoms with van der Waals surface area (Å²) in [5.41, 5.74) is 5.43. The molecule has 0 heterocycles. The van der Waals surface area contributed by atoms with E-state index in [-0.39, 0.29) is 38.6 Å². The van der Waals surface area contributed by atoms with Gasteiger partial charge in [-0.1, -0.05) is 51.4 Å². The van der Waals surface area contributed by atoms with Crippen LogP contribution in [-0.4, -0.2) is 105 Å². The van der Waals surface area contributed by atoms with E-state index in [0.717, 1.165) is 51.4 Å². The van der Waals surface area contributed by atoms with Crippen molar-refractivity contribution < 1.29 is 63.6 Å². The first-order chi connectivity index (χ1) is 25.2. The minimum Gasteiger partial charge on any atom is -0.481 e. The largest absolute Gasteiger partial charge is 0.481 e. The fourth-order valence-electron chi connectivity index (χ4n) is 5.24. The maximum Gasteiger partial charge on any atom is 0.326 e. The minimum absolute atomic E-state index is 0.109. The maximum absolute atomic E-state index is 12.5. The molecule has 0 bridgehead atoms. The number of amides is 4. The van der Waals surface area contributed by atoms with Crippen LogP contribution in [0.1, 0.15) is 135 Å². The first-order valence-electron chi connectivity index (χ1n) is 18.3. The lowest BCUT2D eigenvalue weighted by molar-refractivity contribution is -0.144. The molecule has 18 nitrogen and oxygen atoms in total. The number of aliphatic carboxylic acids is 4. The summed E-state index contributed by atoms with van der Waals surface area (Å²) in [6.07, 6.45) is 10.4. The van der Waals surface area contributed by atoms with Crippen LogP contribution in [0.3, 0.4) is 0 Å². The van der Waals surface area contributed by atoms with Crippen LogP contribution in [0.5, 0.6) is 0 Å². The molecule has 1 radical (unpaired) electrons. The summed E-state index contributed by atoms with van der Waals surface area (Å²) < 4.78 is 0. The molecule has 0 rings (SSSR count). The number of rotatable bonds is 34. The first kappa shape index (κ1) is 48.4. The lowest BCUT2D eigenvalue weighted by Gasteiger charge is -2.18. The molecule has 18 heteroatoms. The summed E-state index contributed by atoms with van der Waals surface area (Å²) in [7, 11) is 0. The van der Waals surface area contributed by atoms with Crippen molar-refractivity contribution in [1.82, 2.24) is 21.3 Å². The molecule has 0 aliphatic rings. The molecule has 10 N–H and O–H groups in total. The van der Waals surface area contributed by atoms with E-state index in [4.69, 9.17) is 10.8 Å². The number of unbranched alkanes of at least 4 members (excludes halogenated alkanes) is 10. The molecule has 4 amide bonds. The average Bonchev–Trinajstić information content (AvgIpc) is 3.09. The molecule has 0 fully saturated rings. The zero-order valence-electron chi connectivity index (χ0n) is 30.4. The van der Waals surface area contributed by atoms with Gasteiger partial charge in [-0.05, 0) is 51.4 Å². The lowest BCUT2D eigenvalue weighted by Crippen LogP contribution is -2.45. The second-order valence-corrected chi connectivity index (χ2v) is 13.0. The predicted molar refractivity (Wildman–Crippen MR) is 190 cm³/mol. The highest BCUT2D eigenvalue weighted by Crippen LogP contribution is 2.12. The van der Waals surface area contributed by atoms with E-state index in [1.54, 1.807) is 6.29 Å². The van der Waals surface area contributed by atoms with Gasteiger partial charge in [0.2, 0.25) is 29.9 Å². The fraction of sp³-hybridized carbons (Fsp3) is 0.743. The standard InChI is InChI=1S/C35H58N5O13/c36-24(23-41)13-11-12-22-37-28(42)19-16-25(33(48)49)39-30(44)21-18-27(35(52)53)40-31(45)20-17-26(34(50)51)38-29(43)14-9-7-5-3-1-2-4-6-8-10-15-32(46)47/h24-27H,1-22,36H2,(H,37,42)(H,38,43)(H,39,44)(H,40,45)(H,46,47)(H,48,49)(H,50,51)(H,52,53)/t24-,25-,26-,27-/m0/s1. The lowest BCUT2D eigenvalue weighted by atomic mass is 10.0. The van der Waals surface area contributed by atoms with Crippen molar-refractivity contribution >= 4 is 53.8 Å². The Bertz CT molecular complexity index is 1180. The number of nitrogens with two attached hydrogens (primary N) is 1. The van der Waals surface area contributed by atoms with Gasteiger partial charge in [0.05, 0.1) is 6.04 Å². The fourth-order valence-corrected chi connectivity index (χ4v) is 5.24. The van der Waals surface area contributed by atoms with Crippen molar-refractivity contribution in [3.05, 3.63) is 0 Å². The predicted octanol–water partition coefficient (Wildman–Crippen LogP) is 1.52. The van der Waals surface area contributed by atoms with E-state index in [0.29, 0.717) is 32.1 Å². The van der Waals surface area contributed by atoms with Crippen LogP contribution in [0.15, 0.2) is 0 Å². The zero-order chi connectivity index (χ0) is 40.0. The van der Waals surface area contributed by atoms with Gasteiger partial charge in [0.1, 0.15) is 18.1 Å². The Kier molecular flexibility index (Phi) is 27.3. The SMILES string of the molecule is N[C@H]([C]=O)CCCCNC(=O)CC[C@H](NC(=O)CC[C@H](NC(=O)CC[C@H](NC(=O)CCCCCCCCCCCCC(=O)O)C(=O)O)C(=O)O)C(=O)O. The topological polar surface area (TPSA) is 309 Å². The maximum atomic E-state index is 12.5. The molecule has 0 saturated heterocycles. The van der Waals surface area contributed by atoms with Crippen molar-refractivity contribution in [3.63, 3.8) is 0 Å². The van der Waals surface area contributed by atoms with Crippen LogP contribution in [-0.2, 0) is 43.2 Å². The number of carboxylic acids is 4. The van der Waals surface area contributed by atoms with E-state index in [1.165, 1.54) is 0 Å². The molecule has 0 aromatic carbocycles. The van der Waals surface area contributed by atoms with Gasteiger partial charge in [-0.3, -0.25) is 28.8 Å². The van der Waals surface area contributed by atoms with Crippen molar-refractivity contribution in [1.29, 1.82) is 0 Å². The van der Waals surface area contributed by atoms with Crippen LogP contribution in [0.4, 0.5) is 0 Å². The van der Waals surface area contributed by atoms with Crippen LogP contribution in [0.25, 0.3) is 0 Å². The average molecular weight is 757 g/mol. The molecule has 0 saturated carbocycles. The van der Waals surface area contributed by atoms with Gasteiger partial charge in [-0.2, -0.15) is 0 Å². The Morgan fingerprint density at radius 2 is 0.811 bits per heavy atom. The number of carbonyl (C=O) groups is 8. The van der Waals surface area contributed by atoms with Crippen LogP contribution in [0.2, 0.25) is 0 Å². The van der Waals surface area contributed by atoms with Gasteiger partial charge in [-0.15, -0.1) is 0 Å². The minimum atomic E-state index is -1.54. The Hall–Kier alpha value is -4.61. The number of hydrogen-bond donors (Lipinski definition) is 9. The Morgan fingerprint density at radius 3 is 1.19 bits per heavy atom. The van der Waals surface area contributed by atoms with Gasteiger partial charge in [0.25, 0.3) is 0 Å². The molecule has 4 atom stereocenters. The van der Waals surface area contributed by atoms with Gasteiger partial charge < -0.3 is 47.4 Å². The summed E-state index contributed by atoms with van der Waals surface area (Å²) in [6.45, 7) is 0.284. The third kappa shape index (κ3) is 27.7. The molecular formula is C35H58N5O13. The van der Waals surface area contributed by atoms with E-state index in [9.17, 15) is 58.5 Å². The molecule has 0 spiro atoms. The third-order valence-corrected chi connectivity index (χ3v) is 8.34. The van der Waals surface area contributed by atoms with E-state index >= 15 is 0 Å². The van der Waals surface area contributed by atoms with Crippen molar-refractivity contribution in [2.75, 3.05) is 6.54 Å².